The fourth-order valence-electron chi connectivity index (χ4n) is 1.96. The van der Waals surface area contributed by atoms with Crippen LogP contribution in [0.3, 0.4) is 0 Å². The largest absolute Gasteiger partial charge is 0.350 e. The van der Waals surface area contributed by atoms with Gasteiger partial charge in [0.15, 0.2) is 0 Å². The first kappa shape index (κ1) is 13.8. The van der Waals surface area contributed by atoms with Crippen molar-refractivity contribution in [2.24, 2.45) is 0 Å². The summed E-state index contributed by atoms with van der Waals surface area (Å²) in [4.78, 5) is 11.1. The monoisotopic (exact) mass is 233 g/mol. The Morgan fingerprint density at radius 3 is 2.06 bits per heavy atom. The van der Waals surface area contributed by atoms with Crippen molar-refractivity contribution in [2.45, 2.75) is 52.5 Å². The third-order valence-corrected chi connectivity index (χ3v) is 3.31. The van der Waals surface area contributed by atoms with Gasteiger partial charge >= 0.3 is 0 Å². The Labute approximate surface area is 104 Å². The van der Waals surface area contributed by atoms with Gasteiger partial charge in [-0.05, 0) is 29.9 Å². The Morgan fingerprint density at radius 1 is 1.12 bits per heavy atom. The molecule has 0 aromatic heterocycles. The molecule has 0 bridgehead atoms. The van der Waals surface area contributed by atoms with Gasteiger partial charge in [0.25, 0.3) is 0 Å². The van der Waals surface area contributed by atoms with Crippen LogP contribution in [0.2, 0.25) is 0 Å². The van der Waals surface area contributed by atoms with Gasteiger partial charge in [-0.2, -0.15) is 0 Å². The number of benzene rings is 1. The second-order valence-electron chi connectivity index (χ2n) is 4.64. The van der Waals surface area contributed by atoms with E-state index >= 15 is 0 Å². The third kappa shape index (κ3) is 3.88. The van der Waals surface area contributed by atoms with Crippen molar-refractivity contribution in [1.29, 1.82) is 0 Å². The summed E-state index contributed by atoms with van der Waals surface area (Å²) < 4.78 is 0. The lowest BCUT2D eigenvalue weighted by molar-refractivity contribution is -0.119. The molecule has 1 N–H and O–H groups in total. The molecular formula is C15H23NO. The van der Waals surface area contributed by atoms with Crippen LogP contribution in [0.4, 0.5) is 0 Å². The van der Waals surface area contributed by atoms with E-state index in [9.17, 15) is 4.79 Å². The van der Waals surface area contributed by atoms with E-state index in [2.05, 4.69) is 50.4 Å². The van der Waals surface area contributed by atoms with Gasteiger partial charge in [-0.15, -0.1) is 0 Å². The highest BCUT2D eigenvalue weighted by Gasteiger charge is 2.10. The SMILES string of the molecule is CC[C@@H](C)c1ccc([C@@H](CC)NC(C)=O)cc1. The summed E-state index contributed by atoms with van der Waals surface area (Å²) in [5, 5.41) is 2.97. The van der Waals surface area contributed by atoms with Gasteiger partial charge in [-0.1, -0.05) is 45.0 Å². The van der Waals surface area contributed by atoms with Crippen molar-refractivity contribution in [2.75, 3.05) is 0 Å². The van der Waals surface area contributed by atoms with E-state index in [0.717, 1.165) is 12.8 Å². The molecule has 0 heterocycles. The molecule has 0 aliphatic rings. The van der Waals surface area contributed by atoms with Gasteiger partial charge in [-0.25, -0.2) is 0 Å². The third-order valence-electron chi connectivity index (χ3n) is 3.31. The van der Waals surface area contributed by atoms with Gasteiger partial charge in [0.2, 0.25) is 5.91 Å². The summed E-state index contributed by atoms with van der Waals surface area (Å²) in [5.41, 5.74) is 2.56. The van der Waals surface area contributed by atoms with Crippen molar-refractivity contribution in [3.05, 3.63) is 35.4 Å². The van der Waals surface area contributed by atoms with Crippen molar-refractivity contribution in [3.8, 4) is 0 Å². The molecular weight excluding hydrogens is 210 g/mol. The quantitative estimate of drug-likeness (QED) is 0.823. The van der Waals surface area contributed by atoms with Crippen LogP contribution in [0, 0.1) is 0 Å². The van der Waals surface area contributed by atoms with E-state index in [0.29, 0.717) is 5.92 Å². The molecule has 0 spiro atoms. The average Bonchev–Trinajstić information content (AvgIpc) is 2.35. The average molecular weight is 233 g/mol. The highest BCUT2D eigenvalue weighted by Crippen LogP contribution is 2.22. The molecule has 2 nitrogen and oxygen atoms in total. The molecule has 0 aliphatic heterocycles. The maximum atomic E-state index is 11.1. The first-order valence-corrected chi connectivity index (χ1v) is 6.45. The molecule has 0 unspecified atom stereocenters. The minimum absolute atomic E-state index is 0.0304. The lowest BCUT2D eigenvalue weighted by Crippen LogP contribution is -2.25. The lowest BCUT2D eigenvalue weighted by atomic mass is 9.95. The van der Waals surface area contributed by atoms with E-state index in [1.807, 2.05) is 0 Å². The molecule has 0 fully saturated rings. The standard InChI is InChI=1S/C15H23NO/c1-5-11(3)13-7-9-14(10-8-13)15(6-2)16-12(4)17/h7-11,15H,5-6H2,1-4H3,(H,16,17)/t11-,15-/m1/s1. The summed E-state index contributed by atoms with van der Waals surface area (Å²) >= 11 is 0. The number of rotatable bonds is 5. The zero-order valence-corrected chi connectivity index (χ0v) is 11.3. The number of amides is 1. The molecule has 94 valence electrons. The van der Waals surface area contributed by atoms with Crippen LogP contribution >= 0.6 is 0 Å². The summed E-state index contributed by atoms with van der Waals surface area (Å²) in [5.74, 6) is 0.632. The molecule has 1 amide bonds. The molecule has 0 aliphatic carbocycles. The number of carbonyl (C=O) groups is 1. The summed E-state index contributed by atoms with van der Waals surface area (Å²) in [6.45, 7) is 8.09. The van der Waals surface area contributed by atoms with E-state index in [-0.39, 0.29) is 11.9 Å². The molecule has 0 saturated carbocycles. The van der Waals surface area contributed by atoms with E-state index < -0.39 is 0 Å². The van der Waals surface area contributed by atoms with Crippen LogP contribution in [0.5, 0.6) is 0 Å². The zero-order chi connectivity index (χ0) is 12.8. The van der Waals surface area contributed by atoms with Crippen LogP contribution in [0.25, 0.3) is 0 Å². The predicted octanol–water partition coefficient (Wildman–Crippen LogP) is 3.79. The molecule has 0 saturated heterocycles. The fourth-order valence-corrected chi connectivity index (χ4v) is 1.96. The molecule has 2 atom stereocenters. The number of nitrogens with one attached hydrogen (secondary N) is 1. The molecule has 1 aromatic rings. The molecule has 1 aromatic carbocycles. The first-order chi connectivity index (χ1) is 8.08. The molecule has 0 radical (unpaired) electrons. The Morgan fingerprint density at radius 2 is 1.65 bits per heavy atom. The van der Waals surface area contributed by atoms with Gasteiger partial charge in [0, 0.05) is 6.92 Å². The highest BCUT2D eigenvalue weighted by molar-refractivity contribution is 5.73. The van der Waals surface area contributed by atoms with Gasteiger partial charge < -0.3 is 5.32 Å². The Kier molecular flexibility index (Phi) is 5.20. The minimum atomic E-state index is 0.0304. The fraction of sp³-hybridized carbons (Fsp3) is 0.533. The van der Waals surface area contributed by atoms with Crippen molar-refractivity contribution in [3.63, 3.8) is 0 Å². The summed E-state index contributed by atoms with van der Waals surface area (Å²) in [6.07, 6.45) is 2.07. The second-order valence-corrected chi connectivity index (χ2v) is 4.64. The maximum Gasteiger partial charge on any atom is 0.217 e. The topological polar surface area (TPSA) is 29.1 Å². The Hall–Kier alpha value is -1.31. The van der Waals surface area contributed by atoms with E-state index in [4.69, 9.17) is 0 Å². The number of hydrogen-bond acceptors (Lipinski definition) is 1. The zero-order valence-electron chi connectivity index (χ0n) is 11.3. The predicted molar refractivity (Wildman–Crippen MR) is 72.0 cm³/mol. The number of carbonyl (C=O) groups excluding carboxylic acids is 1. The molecule has 1 rings (SSSR count). The van der Waals surface area contributed by atoms with Crippen LogP contribution in [-0.2, 0) is 4.79 Å². The van der Waals surface area contributed by atoms with Crippen LogP contribution in [0.15, 0.2) is 24.3 Å². The van der Waals surface area contributed by atoms with Crippen LogP contribution in [-0.4, -0.2) is 5.91 Å². The van der Waals surface area contributed by atoms with E-state index in [1.54, 1.807) is 6.92 Å². The second kappa shape index (κ2) is 6.43. The van der Waals surface area contributed by atoms with Gasteiger partial charge in [-0.3, -0.25) is 4.79 Å². The van der Waals surface area contributed by atoms with Crippen LogP contribution < -0.4 is 5.32 Å². The highest BCUT2D eigenvalue weighted by atomic mass is 16.1. The van der Waals surface area contributed by atoms with Crippen LogP contribution in [0.1, 0.15) is 63.6 Å². The minimum Gasteiger partial charge on any atom is -0.350 e. The molecule has 17 heavy (non-hydrogen) atoms. The molecule has 2 heteroatoms. The van der Waals surface area contributed by atoms with Gasteiger partial charge in [0.1, 0.15) is 0 Å². The van der Waals surface area contributed by atoms with Gasteiger partial charge in [0.05, 0.1) is 6.04 Å². The first-order valence-electron chi connectivity index (χ1n) is 6.45. The lowest BCUT2D eigenvalue weighted by Gasteiger charge is -2.17. The summed E-state index contributed by atoms with van der Waals surface area (Å²) in [6, 6.07) is 8.75. The summed E-state index contributed by atoms with van der Waals surface area (Å²) in [7, 11) is 0. The van der Waals surface area contributed by atoms with Crippen molar-refractivity contribution >= 4 is 5.91 Å². The normalized spacial score (nSPS) is 14.1. The maximum absolute atomic E-state index is 11.1. The Balaban J connectivity index is 2.81. The Bertz CT molecular complexity index is 356. The number of hydrogen-bond donors (Lipinski definition) is 1. The van der Waals surface area contributed by atoms with E-state index in [1.165, 1.54) is 11.1 Å². The van der Waals surface area contributed by atoms with Crippen molar-refractivity contribution < 1.29 is 4.79 Å². The van der Waals surface area contributed by atoms with Crippen molar-refractivity contribution in [1.82, 2.24) is 5.32 Å². The smallest absolute Gasteiger partial charge is 0.217 e.